The predicted molar refractivity (Wildman–Crippen MR) is 174 cm³/mol. The molecule has 0 aliphatic carbocycles. The van der Waals surface area contributed by atoms with Crippen molar-refractivity contribution in [3.05, 3.63) is 91.5 Å². The van der Waals surface area contributed by atoms with Crippen molar-refractivity contribution in [1.29, 1.82) is 0 Å². The van der Waals surface area contributed by atoms with Crippen LogP contribution < -0.4 is 4.90 Å². The number of nitrogens with zero attached hydrogens (tertiary/aromatic N) is 3. The number of aliphatic hydroxyl groups is 1. The van der Waals surface area contributed by atoms with Gasteiger partial charge in [-0.05, 0) is 37.0 Å². The van der Waals surface area contributed by atoms with Crippen LogP contribution in [0, 0.1) is 11.8 Å². The lowest BCUT2D eigenvalue weighted by atomic mass is 9.70. The molecule has 44 heavy (non-hydrogen) atoms. The summed E-state index contributed by atoms with van der Waals surface area (Å²) in [6, 6.07) is 18.3. The molecular formula is C35H42BrN3O5. The van der Waals surface area contributed by atoms with Gasteiger partial charge in [-0.15, -0.1) is 13.2 Å². The van der Waals surface area contributed by atoms with E-state index in [2.05, 4.69) is 29.1 Å². The van der Waals surface area contributed by atoms with Gasteiger partial charge in [0.2, 0.25) is 17.7 Å². The SMILES string of the molecule is C=CCN(Cc1ccccc1)C(=O)C1N(CCCCCCO)C(=O)[C@@H]2[C@@H](C(=O)N(CC=C)c3ccccc3)[C@@H]3OC12CC3Br. The molecule has 1 spiro atoms. The molecule has 3 aliphatic rings. The first-order valence-electron chi connectivity index (χ1n) is 15.5. The number of halogens is 1. The molecule has 3 saturated heterocycles. The van der Waals surface area contributed by atoms with Gasteiger partial charge >= 0.3 is 0 Å². The zero-order valence-electron chi connectivity index (χ0n) is 25.1. The summed E-state index contributed by atoms with van der Waals surface area (Å²) in [6.45, 7) is 9.23. The number of likely N-dealkylation sites (tertiary alicyclic amines) is 1. The Morgan fingerprint density at radius 1 is 0.977 bits per heavy atom. The molecule has 3 fully saturated rings. The number of aliphatic hydroxyl groups excluding tert-OH is 1. The number of carbonyl (C=O) groups excluding carboxylic acids is 3. The van der Waals surface area contributed by atoms with Gasteiger partial charge in [-0.1, -0.05) is 89.5 Å². The number of para-hydroxylation sites is 1. The highest BCUT2D eigenvalue weighted by atomic mass is 79.9. The predicted octanol–water partition coefficient (Wildman–Crippen LogP) is 4.72. The fourth-order valence-corrected chi connectivity index (χ4v) is 8.23. The molecule has 0 saturated carbocycles. The molecule has 234 valence electrons. The van der Waals surface area contributed by atoms with Crippen molar-refractivity contribution in [2.45, 2.75) is 61.2 Å². The van der Waals surface area contributed by atoms with E-state index in [1.165, 1.54) is 0 Å². The summed E-state index contributed by atoms with van der Waals surface area (Å²) in [5.74, 6) is -2.13. The molecule has 2 aromatic rings. The third-order valence-corrected chi connectivity index (χ3v) is 9.98. The largest absolute Gasteiger partial charge is 0.396 e. The number of anilines is 1. The maximum atomic E-state index is 14.6. The van der Waals surface area contributed by atoms with Crippen LogP contribution in [0.15, 0.2) is 86.0 Å². The van der Waals surface area contributed by atoms with E-state index in [0.717, 1.165) is 24.1 Å². The van der Waals surface area contributed by atoms with Crippen LogP contribution in [0.2, 0.25) is 0 Å². The van der Waals surface area contributed by atoms with Crippen molar-refractivity contribution in [1.82, 2.24) is 9.80 Å². The van der Waals surface area contributed by atoms with E-state index in [0.29, 0.717) is 38.9 Å². The van der Waals surface area contributed by atoms with E-state index in [9.17, 15) is 19.5 Å². The summed E-state index contributed by atoms with van der Waals surface area (Å²) in [6.07, 6.45) is 6.32. The van der Waals surface area contributed by atoms with Gasteiger partial charge < -0.3 is 24.5 Å². The Morgan fingerprint density at radius 2 is 1.64 bits per heavy atom. The number of amides is 3. The molecule has 1 N–H and O–H groups in total. The molecule has 0 radical (unpaired) electrons. The first kappa shape index (κ1) is 32.1. The molecule has 3 aliphatic heterocycles. The van der Waals surface area contributed by atoms with Crippen molar-refractivity contribution in [3.63, 3.8) is 0 Å². The zero-order chi connectivity index (χ0) is 31.3. The number of fused-ring (bicyclic) bond motifs is 1. The summed E-state index contributed by atoms with van der Waals surface area (Å²) >= 11 is 3.79. The minimum Gasteiger partial charge on any atom is -0.396 e. The summed E-state index contributed by atoms with van der Waals surface area (Å²) in [5, 5.41) is 9.23. The number of rotatable bonds is 15. The van der Waals surface area contributed by atoms with Crippen molar-refractivity contribution in [2.75, 3.05) is 31.1 Å². The summed E-state index contributed by atoms with van der Waals surface area (Å²) < 4.78 is 6.76. The van der Waals surface area contributed by atoms with Gasteiger partial charge in [0, 0.05) is 43.3 Å². The first-order chi connectivity index (χ1) is 21.4. The molecular weight excluding hydrogens is 622 g/mol. The monoisotopic (exact) mass is 663 g/mol. The maximum absolute atomic E-state index is 14.6. The molecule has 2 aromatic carbocycles. The Labute approximate surface area is 268 Å². The van der Waals surface area contributed by atoms with Crippen LogP contribution in [-0.2, 0) is 25.7 Å². The van der Waals surface area contributed by atoms with Crippen LogP contribution in [0.3, 0.4) is 0 Å². The molecule has 5 rings (SSSR count). The van der Waals surface area contributed by atoms with Crippen molar-refractivity contribution >= 4 is 39.3 Å². The van der Waals surface area contributed by atoms with Crippen LogP contribution in [0.5, 0.6) is 0 Å². The molecule has 9 heteroatoms. The standard InChI is InChI=1S/C35H42BrN3O5/c1-3-19-37(24-25-15-9-7-10-16-25)34(43)31-35-23-27(36)30(44-35)28(29(35)33(42)39(31)21-13-5-6-14-22-40)32(41)38(20-4-2)26-17-11-8-12-18-26/h3-4,7-12,15-18,27-31,40H,1-2,5-6,13-14,19-24H2/t27?,28-,29+,30-,31?,35?/m1/s1. The van der Waals surface area contributed by atoms with E-state index < -0.39 is 29.6 Å². The van der Waals surface area contributed by atoms with E-state index >= 15 is 0 Å². The molecule has 3 heterocycles. The van der Waals surface area contributed by atoms with Gasteiger partial charge in [0.1, 0.15) is 11.6 Å². The number of hydrogen-bond donors (Lipinski definition) is 1. The van der Waals surface area contributed by atoms with Crippen LogP contribution in [0.1, 0.15) is 37.7 Å². The third-order valence-electron chi connectivity index (χ3n) is 9.14. The van der Waals surface area contributed by atoms with Gasteiger partial charge in [0.15, 0.2) is 0 Å². The fraction of sp³-hybridized carbons (Fsp3) is 0.457. The average Bonchev–Trinajstić information content (AvgIpc) is 3.63. The number of carbonyl (C=O) groups is 3. The topological polar surface area (TPSA) is 90.4 Å². The van der Waals surface area contributed by atoms with E-state index in [1.807, 2.05) is 60.7 Å². The van der Waals surface area contributed by atoms with E-state index in [-0.39, 0.29) is 35.7 Å². The highest BCUT2D eigenvalue weighted by Gasteiger charge is 2.76. The lowest BCUT2D eigenvalue weighted by molar-refractivity contribution is -0.148. The number of unbranched alkanes of at least 4 members (excludes halogenated alkanes) is 3. The zero-order valence-corrected chi connectivity index (χ0v) is 26.7. The van der Waals surface area contributed by atoms with Gasteiger partial charge in [0.05, 0.1) is 17.9 Å². The molecule has 3 unspecified atom stereocenters. The Balaban J connectivity index is 1.52. The Bertz CT molecular complexity index is 1340. The highest BCUT2D eigenvalue weighted by molar-refractivity contribution is 9.09. The van der Waals surface area contributed by atoms with Crippen molar-refractivity contribution < 1.29 is 24.2 Å². The van der Waals surface area contributed by atoms with Crippen LogP contribution >= 0.6 is 15.9 Å². The second-order valence-electron chi connectivity index (χ2n) is 11.9. The normalized spacial score (nSPS) is 26.8. The van der Waals surface area contributed by atoms with Gasteiger partial charge in [-0.2, -0.15) is 0 Å². The minimum atomic E-state index is -1.13. The summed E-state index contributed by atoms with van der Waals surface area (Å²) in [5.41, 5.74) is 0.562. The lowest BCUT2D eigenvalue weighted by Gasteiger charge is -2.37. The minimum absolute atomic E-state index is 0.124. The number of benzene rings is 2. The highest BCUT2D eigenvalue weighted by Crippen LogP contribution is 2.60. The number of alkyl halides is 1. The average molecular weight is 665 g/mol. The second kappa shape index (κ2) is 14.2. The molecule has 2 bridgehead atoms. The smallest absolute Gasteiger partial charge is 0.248 e. The summed E-state index contributed by atoms with van der Waals surface area (Å²) in [7, 11) is 0. The first-order valence-corrected chi connectivity index (χ1v) is 16.4. The van der Waals surface area contributed by atoms with Gasteiger partial charge in [0.25, 0.3) is 0 Å². The second-order valence-corrected chi connectivity index (χ2v) is 13.1. The van der Waals surface area contributed by atoms with E-state index in [1.54, 1.807) is 26.9 Å². The molecule has 0 aromatic heterocycles. The third kappa shape index (κ3) is 6.02. The van der Waals surface area contributed by atoms with E-state index in [4.69, 9.17) is 4.74 Å². The van der Waals surface area contributed by atoms with Gasteiger partial charge in [-0.25, -0.2) is 0 Å². The number of hydrogen-bond acceptors (Lipinski definition) is 5. The number of ether oxygens (including phenoxy) is 1. The van der Waals surface area contributed by atoms with Crippen LogP contribution in [-0.4, -0.2) is 81.4 Å². The Morgan fingerprint density at radius 3 is 2.30 bits per heavy atom. The fourth-order valence-electron chi connectivity index (χ4n) is 7.28. The van der Waals surface area contributed by atoms with Crippen LogP contribution in [0.4, 0.5) is 5.69 Å². The van der Waals surface area contributed by atoms with Crippen molar-refractivity contribution in [3.8, 4) is 0 Å². The van der Waals surface area contributed by atoms with Gasteiger partial charge in [-0.3, -0.25) is 14.4 Å². The molecule has 6 atom stereocenters. The maximum Gasteiger partial charge on any atom is 0.248 e. The molecule has 8 nitrogen and oxygen atoms in total. The van der Waals surface area contributed by atoms with Crippen molar-refractivity contribution in [2.24, 2.45) is 11.8 Å². The lowest BCUT2D eigenvalue weighted by Crippen LogP contribution is -2.57. The molecule has 3 amide bonds. The van der Waals surface area contributed by atoms with Crippen LogP contribution in [0.25, 0.3) is 0 Å². The summed E-state index contributed by atoms with van der Waals surface area (Å²) in [4.78, 5) is 48.5. The Hall–Kier alpha value is -3.27. The quantitative estimate of drug-likeness (QED) is 0.169. The Kier molecular flexibility index (Phi) is 10.4.